The number of sulfonamides is 1. The number of amides is 1. The Morgan fingerprint density at radius 2 is 1.73 bits per heavy atom. The first-order valence-corrected chi connectivity index (χ1v) is 12.7. The molecule has 0 spiro atoms. The van der Waals surface area contributed by atoms with Crippen LogP contribution in [-0.4, -0.2) is 42.0 Å². The summed E-state index contributed by atoms with van der Waals surface area (Å²) < 4.78 is 28.3. The Balaban J connectivity index is 1.48. The molecule has 0 unspecified atom stereocenters. The maximum absolute atomic E-state index is 12.6. The maximum atomic E-state index is 12.6. The number of thiophene rings is 1. The molecule has 0 aliphatic carbocycles. The second-order valence-corrected chi connectivity index (χ2v) is 10.7. The van der Waals surface area contributed by atoms with E-state index in [4.69, 9.17) is 5.10 Å². The summed E-state index contributed by atoms with van der Waals surface area (Å²) >= 11 is 1.13. The first-order valence-electron chi connectivity index (χ1n) is 10.4. The van der Waals surface area contributed by atoms with Crippen LogP contribution < -0.4 is 5.32 Å². The van der Waals surface area contributed by atoms with Gasteiger partial charge in [-0.05, 0) is 17.0 Å². The second-order valence-electron chi connectivity index (χ2n) is 7.52. The summed E-state index contributed by atoms with van der Waals surface area (Å²) in [7, 11) is -2.28. The largest absolute Gasteiger partial charge is 0.351 e. The molecule has 4 aromatic rings. The summed E-state index contributed by atoms with van der Waals surface area (Å²) in [6, 6.07) is 23.0. The first-order chi connectivity index (χ1) is 15.9. The third-order valence-electron chi connectivity index (χ3n) is 5.07. The predicted octanol–water partition coefficient (Wildman–Crippen LogP) is 3.60. The van der Waals surface area contributed by atoms with Crippen LogP contribution in [0.1, 0.15) is 11.1 Å². The van der Waals surface area contributed by atoms with E-state index in [1.807, 2.05) is 71.5 Å². The van der Waals surface area contributed by atoms with Gasteiger partial charge in [0, 0.05) is 30.9 Å². The topological polar surface area (TPSA) is 84.3 Å². The third-order valence-corrected chi connectivity index (χ3v) is 8.25. The van der Waals surface area contributed by atoms with E-state index in [2.05, 4.69) is 5.32 Å². The predicted molar refractivity (Wildman–Crippen MR) is 129 cm³/mol. The lowest BCUT2D eigenvalue weighted by atomic mass is 10.1. The number of carbonyl (C=O) groups excluding carboxylic acids is 1. The minimum absolute atomic E-state index is 0.214. The van der Waals surface area contributed by atoms with Gasteiger partial charge in [0.05, 0.1) is 18.8 Å². The summed E-state index contributed by atoms with van der Waals surface area (Å²) in [6.07, 6.45) is 1.92. The lowest BCUT2D eigenvalue weighted by Gasteiger charge is -2.15. The molecule has 2 aromatic carbocycles. The molecule has 2 aromatic heterocycles. The molecule has 2 heterocycles. The van der Waals surface area contributed by atoms with E-state index in [1.54, 1.807) is 11.4 Å². The van der Waals surface area contributed by atoms with Gasteiger partial charge in [-0.25, -0.2) is 8.42 Å². The van der Waals surface area contributed by atoms with Crippen LogP contribution in [0.3, 0.4) is 0 Å². The monoisotopic (exact) mass is 480 g/mol. The molecule has 0 atom stereocenters. The molecule has 0 saturated carbocycles. The van der Waals surface area contributed by atoms with Gasteiger partial charge in [-0.1, -0.05) is 66.7 Å². The van der Waals surface area contributed by atoms with Crippen LogP contribution in [0.5, 0.6) is 0 Å². The number of hydrogen-bond donors (Lipinski definition) is 1. The Morgan fingerprint density at radius 3 is 2.39 bits per heavy atom. The van der Waals surface area contributed by atoms with E-state index >= 15 is 0 Å². The number of hydrogen-bond acceptors (Lipinski definition) is 5. The molecule has 0 aliphatic heterocycles. The zero-order valence-corrected chi connectivity index (χ0v) is 19.7. The van der Waals surface area contributed by atoms with Crippen molar-refractivity contribution in [3.63, 3.8) is 0 Å². The zero-order valence-electron chi connectivity index (χ0n) is 18.1. The van der Waals surface area contributed by atoms with E-state index < -0.39 is 10.0 Å². The highest BCUT2D eigenvalue weighted by atomic mass is 32.2. The Bertz CT molecular complexity index is 1300. The Morgan fingerprint density at radius 1 is 1.03 bits per heavy atom. The lowest BCUT2D eigenvalue weighted by Crippen LogP contribution is -2.37. The van der Waals surface area contributed by atoms with E-state index in [-0.39, 0.29) is 23.2 Å². The van der Waals surface area contributed by atoms with E-state index in [9.17, 15) is 13.2 Å². The van der Waals surface area contributed by atoms with Crippen molar-refractivity contribution < 1.29 is 13.2 Å². The van der Waals surface area contributed by atoms with Gasteiger partial charge in [-0.2, -0.15) is 9.40 Å². The van der Waals surface area contributed by atoms with Crippen molar-refractivity contribution in [3.05, 3.63) is 95.5 Å². The van der Waals surface area contributed by atoms with Crippen molar-refractivity contribution in [2.75, 3.05) is 13.6 Å². The molecule has 0 radical (unpaired) electrons. The van der Waals surface area contributed by atoms with Gasteiger partial charge in [0.2, 0.25) is 5.91 Å². The Hall–Kier alpha value is -3.27. The van der Waals surface area contributed by atoms with Crippen molar-refractivity contribution in [3.8, 4) is 11.3 Å². The fourth-order valence-corrected chi connectivity index (χ4v) is 5.71. The summed E-state index contributed by atoms with van der Waals surface area (Å²) in [4.78, 5) is 12.5. The normalized spacial score (nSPS) is 11.6. The highest BCUT2D eigenvalue weighted by Crippen LogP contribution is 2.23. The number of likely N-dealkylation sites (N-methyl/N-ethyl adjacent to an activating group) is 1. The molecule has 0 bridgehead atoms. The fraction of sp³-hybridized carbons (Fsp3) is 0.167. The van der Waals surface area contributed by atoms with Gasteiger partial charge in [0.1, 0.15) is 4.21 Å². The van der Waals surface area contributed by atoms with Crippen molar-refractivity contribution in [2.45, 2.75) is 17.3 Å². The number of benzene rings is 2. The Kier molecular flexibility index (Phi) is 7.02. The molecule has 7 nitrogen and oxygen atoms in total. The average molecular weight is 481 g/mol. The molecule has 0 aliphatic rings. The number of nitrogens with zero attached hydrogens (tertiary/aromatic N) is 3. The summed E-state index contributed by atoms with van der Waals surface area (Å²) in [6.45, 7) is 0.584. The molecule has 1 amide bonds. The van der Waals surface area contributed by atoms with Gasteiger partial charge in [-0.15, -0.1) is 11.3 Å². The van der Waals surface area contributed by atoms with Gasteiger partial charge in [0.15, 0.2) is 0 Å². The molecule has 9 heteroatoms. The van der Waals surface area contributed by atoms with Gasteiger partial charge in [-0.3, -0.25) is 9.48 Å². The fourth-order valence-electron chi connectivity index (χ4n) is 3.38. The van der Waals surface area contributed by atoms with Crippen molar-refractivity contribution in [1.29, 1.82) is 0 Å². The smallest absolute Gasteiger partial charge is 0.252 e. The third kappa shape index (κ3) is 5.57. The minimum atomic E-state index is -3.68. The molecule has 4 rings (SSSR count). The van der Waals surface area contributed by atoms with Crippen molar-refractivity contribution >= 4 is 27.3 Å². The van der Waals surface area contributed by atoms with Gasteiger partial charge < -0.3 is 5.32 Å². The maximum Gasteiger partial charge on any atom is 0.252 e. The molecule has 33 heavy (non-hydrogen) atoms. The van der Waals surface area contributed by atoms with Crippen LogP contribution in [0.15, 0.2) is 88.6 Å². The molecule has 0 fully saturated rings. The number of nitrogens with one attached hydrogen (secondary N) is 1. The number of carbonyl (C=O) groups is 1. The van der Waals surface area contributed by atoms with Gasteiger partial charge >= 0.3 is 0 Å². The van der Waals surface area contributed by atoms with Crippen LogP contribution in [0.25, 0.3) is 11.3 Å². The van der Waals surface area contributed by atoms with Crippen LogP contribution in [-0.2, 0) is 27.9 Å². The minimum Gasteiger partial charge on any atom is -0.351 e. The SMILES string of the molecule is CN(CC(=O)NCc1cn(Cc2ccccc2)nc1-c1ccccc1)S(=O)(=O)c1cccs1. The van der Waals surface area contributed by atoms with E-state index in [0.717, 1.165) is 38.0 Å². The van der Waals surface area contributed by atoms with Crippen LogP contribution in [0, 0.1) is 0 Å². The second kappa shape index (κ2) is 10.1. The molecule has 0 saturated heterocycles. The number of aromatic nitrogens is 2. The standard InChI is InChI=1S/C24H24N4O3S2/c1-27(33(30,31)23-13-8-14-32-23)18-22(29)25-15-21-17-28(16-19-9-4-2-5-10-19)26-24(21)20-11-6-3-7-12-20/h2-14,17H,15-16,18H2,1H3,(H,25,29). The van der Waals surface area contributed by atoms with Crippen molar-refractivity contribution in [1.82, 2.24) is 19.4 Å². The van der Waals surface area contributed by atoms with E-state index in [1.165, 1.54) is 13.1 Å². The lowest BCUT2D eigenvalue weighted by molar-refractivity contribution is -0.121. The molecule has 1 N–H and O–H groups in total. The summed E-state index contributed by atoms with van der Waals surface area (Å²) in [5.41, 5.74) is 3.71. The van der Waals surface area contributed by atoms with Crippen LogP contribution in [0.4, 0.5) is 0 Å². The molecular formula is C24H24N4O3S2. The van der Waals surface area contributed by atoms with Crippen LogP contribution >= 0.6 is 11.3 Å². The highest BCUT2D eigenvalue weighted by molar-refractivity contribution is 7.91. The highest BCUT2D eigenvalue weighted by Gasteiger charge is 2.24. The zero-order chi connectivity index (χ0) is 23.3. The average Bonchev–Trinajstić information content (AvgIpc) is 3.50. The van der Waals surface area contributed by atoms with E-state index in [0.29, 0.717) is 6.54 Å². The molecular weight excluding hydrogens is 456 g/mol. The van der Waals surface area contributed by atoms with Crippen LogP contribution in [0.2, 0.25) is 0 Å². The quantitative estimate of drug-likeness (QED) is 0.397. The molecule has 170 valence electrons. The first kappa shape index (κ1) is 22.9. The van der Waals surface area contributed by atoms with Gasteiger partial charge in [0.25, 0.3) is 10.0 Å². The number of rotatable bonds is 9. The Labute approximate surface area is 197 Å². The summed E-state index contributed by atoms with van der Waals surface area (Å²) in [5.74, 6) is -0.382. The summed E-state index contributed by atoms with van der Waals surface area (Å²) in [5, 5.41) is 9.28. The van der Waals surface area contributed by atoms with Crippen molar-refractivity contribution in [2.24, 2.45) is 0 Å².